The van der Waals surface area contributed by atoms with E-state index in [9.17, 15) is 18.4 Å². The summed E-state index contributed by atoms with van der Waals surface area (Å²) in [7, 11) is 0. The molecule has 0 heterocycles. The molecular formula is C14H9ClF2O3. The van der Waals surface area contributed by atoms with Crippen LogP contribution < -0.4 is 0 Å². The molecule has 0 atom stereocenters. The van der Waals surface area contributed by atoms with Crippen LogP contribution in [0.25, 0.3) is 0 Å². The zero-order chi connectivity index (χ0) is 15.1. The average Bonchev–Trinajstić information content (AvgIpc) is 2.40. The Hall–Kier alpha value is -2.27. The standard InChI is InChI=1S/C7H4ClFO.C7H5FO2/c8-7(10)5-1-3-6(9)4-2-5;8-6-3-1-5(2-4-6)7(9)10/h1-4H;1-4H,(H,9,10). The minimum Gasteiger partial charge on any atom is -0.478 e. The Morgan fingerprint density at radius 1 is 0.800 bits per heavy atom. The van der Waals surface area contributed by atoms with Crippen LogP contribution in [0.3, 0.4) is 0 Å². The minimum absolute atomic E-state index is 0.0985. The van der Waals surface area contributed by atoms with Gasteiger partial charge in [-0.25, -0.2) is 13.6 Å². The largest absolute Gasteiger partial charge is 0.478 e. The first kappa shape index (κ1) is 15.8. The van der Waals surface area contributed by atoms with Crippen molar-refractivity contribution in [3.8, 4) is 0 Å². The average molecular weight is 299 g/mol. The third kappa shape index (κ3) is 5.16. The van der Waals surface area contributed by atoms with Crippen molar-refractivity contribution in [2.24, 2.45) is 0 Å². The van der Waals surface area contributed by atoms with Crippen LogP contribution >= 0.6 is 11.6 Å². The molecule has 0 aliphatic heterocycles. The van der Waals surface area contributed by atoms with Crippen molar-refractivity contribution in [3.05, 3.63) is 71.3 Å². The van der Waals surface area contributed by atoms with Crippen molar-refractivity contribution >= 4 is 22.8 Å². The van der Waals surface area contributed by atoms with Gasteiger partial charge in [-0.1, -0.05) is 0 Å². The third-order valence-corrected chi connectivity index (χ3v) is 2.38. The van der Waals surface area contributed by atoms with Crippen molar-refractivity contribution in [3.63, 3.8) is 0 Å². The van der Waals surface area contributed by atoms with Crippen molar-refractivity contribution in [2.75, 3.05) is 0 Å². The molecule has 0 spiro atoms. The summed E-state index contributed by atoms with van der Waals surface area (Å²) in [6.45, 7) is 0. The highest BCUT2D eigenvalue weighted by Crippen LogP contribution is 2.05. The molecule has 0 aliphatic rings. The number of halogens is 3. The summed E-state index contributed by atoms with van der Waals surface area (Å²) < 4.78 is 24.4. The van der Waals surface area contributed by atoms with Crippen LogP contribution in [0.2, 0.25) is 0 Å². The number of hydrogen-bond acceptors (Lipinski definition) is 2. The number of hydrogen-bond donors (Lipinski definition) is 1. The van der Waals surface area contributed by atoms with E-state index in [-0.39, 0.29) is 11.4 Å². The molecule has 3 nitrogen and oxygen atoms in total. The third-order valence-electron chi connectivity index (χ3n) is 2.16. The van der Waals surface area contributed by atoms with E-state index < -0.39 is 17.0 Å². The van der Waals surface area contributed by atoms with E-state index in [4.69, 9.17) is 16.7 Å². The van der Waals surface area contributed by atoms with Crippen LogP contribution in [-0.4, -0.2) is 16.3 Å². The molecular weight excluding hydrogens is 290 g/mol. The van der Waals surface area contributed by atoms with E-state index in [1.165, 1.54) is 36.4 Å². The Balaban J connectivity index is 0.000000200. The van der Waals surface area contributed by atoms with Gasteiger partial charge in [0.1, 0.15) is 11.6 Å². The van der Waals surface area contributed by atoms with Gasteiger partial charge >= 0.3 is 5.97 Å². The summed E-state index contributed by atoms with van der Waals surface area (Å²) in [5, 5.41) is 7.78. The number of carbonyl (C=O) groups excluding carboxylic acids is 1. The lowest BCUT2D eigenvalue weighted by atomic mass is 10.2. The van der Waals surface area contributed by atoms with E-state index in [2.05, 4.69) is 0 Å². The van der Waals surface area contributed by atoms with Crippen molar-refractivity contribution in [2.45, 2.75) is 0 Å². The van der Waals surface area contributed by atoms with E-state index in [0.717, 1.165) is 12.1 Å². The monoisotopic (exact) mass is 298 g/mol. The molecule has 6 heteroatoms. The molecule has 2 aromatic rings. The number of rotatable bonds is 2. The predicted octanol–water partition coefficient (Wildman–Crippen LogP) is 3.73. The fraction of sp³-hybridized carbons (Fsp3) is 0. The van der Waals surface area contributed by atoms with Crippen LogP contribution in [0.5, 0.6) is 0 Å². The van der Waals surface area contributed by atoms with Gasteiger partial charge in [0, 0.05) is 5.56 Å². The van der Waals surface area contributed by atoms with Crippen LogP contribution in [0.4, 0.5) is 8.78 Å². The van der Waals surface area contributed by atoms with Gasteiger partial charge in [-0.15, -0.1) is 0 Å². The molecule has 0 saturated carbocycles. The number of carbonyl (C=O) groups is 2. The van der Waals surface area contributed by atoms with E-state index in [0.29, 0.717) is 5.56 Å². The summed E-state index contributed by atoms with van der Waals surface area (Å²) in [4.78, 5) is 20.6. The van der Waals surface area contributed by atoms with Crippen LogP contribution in [0.15, 0.2) is 48.5 Å². The molecule has 0 aliphatic carbocycles. The van der Waals surface area contributed by atoms with E-state index in [1.807, 2.05) is 0 Å². The first-order valence-electron chi connectivity index (χ1n) is 5.34. The maximum Gasteiger partial charge on any atom is 0.335 e. The molecule has 0 fully saturated rings. The summed E-state index contributed by atoms with van der Waals surface area (Å²) in [6, 6.07) is 9.73. The SMILES string of the molecule is O=C(Cl)c1ccc(F)cc1.O=C(O)c1ccc(F)cc1. The summed E-state index contributed by atoms with van der Waals surface area (Å²) in [5.74, 6) is -1.84. The van der Waals surface area contributed by atoms with Crippen molar-refractivity contribution in [1.29, 1.82) is 0 Å². The van der Waals surface area contributed by atoms with Gasteiger partial charge in [-0.05, 0) is 60.1 Å². The van der Waals surface area contributed by atoms with Gasteiger partial charge in [0.05, 0.1) is 5.56 Å². The molecule has 0 bridgehead atoms. The first-order valence-corrected chi connectivity index (χ1v) is 5.72. The van der Waals surface area contributed by atoms with Gasteiger partial charge in [-0.3, -0.25) is 4.79 Å². The van der Waals surface area contributed by atoms with Gasteiger partial charge in [0.2, 0.25) is 0 Å². The number of benzene rings is 2. The smallest absolute Gasteiger partial charge is 0.335 e. The molecule has 0 saturated heterocycles. The van der Waals surface area contributed by atoms with Gasteiger partial charge in [0.25, 0.3) is 5.24 Å². The molecule has 1 N–H and O–H groups in total. The fourth-order valence-electron chi connectivity index (χ4n) is 1.17. The maximum absolute atomic E-state index is 12.2. The van der Waals surface area contributed by atoms with Gasteiger partial charge in [-0.2, -0.15) is 0 Å². The Morgan fingerprint density at radius 2 is 1.15 bits per heavy atom. The zero-order valence-corrected chi connectivity index (χ0v) is 10.8. The molecule has 0 aromatic heterocycles. The van der Waals surface area contributed by atoms with Crippen molar-refractivity contribution in [1.82, 2.24) is 0 Å². The summed E-state index contributed by atoms with van der Waals surface area (Å²) in [6.07, 6.45) is 0. The quantitative estimate of drug-likeness (QED) is 0.860. The molecule has 104 valence electrons. The molecule has 2 aromatic carbocycles. The fourth-order valence-corrected chi connectivity index (χ4v) is 1.30. The zero-order valence-electron chi connectivity index (χ0n) is 10.0. The number of aromatic carboxylic acids is 1. The topological polar surface area (TPSA) is 54.4 Å². The maximum atomic E-state index is 12.2. The Kier molecular flexibility index (Phi) is 5.80. The second kappa shape index (κ2) is 7.35. The van der Waals surface area contributed by atoms with E-state index in [1.54, 1.807) is 0 Å². The number of carboxylic acid groups (broad SMARTS) is 1. The van der Waals surface area contributed by atoms with Gasteiger partial charge < -0.3 is 5.11 Å². The molecule has 0 unspecified atom stereocenters. The Labute approximate surface area is 118 Å². The molecule has 0 amide bonds. The Morgan fingerprint density at radius 3 is 1.45 bits per heavy atom. The molecule has 0 radical (unpaired) electrons. The first-order chi connectivity index (χ1) is 9.40. The molecule has 2 rings (SSSR count). The predicted molar refractivity (Wildman–Crippen MR) is 69.9 cm³/mol. The Bertz CT molecular complexity index is 539. The van der Waals surface area contributed by atoms with Crippen LogP contribution in [-0.2, 0) is 0 Å². The highest BCUT2D eigenvalue weighted by atomic mass is 35.5. The normalized spacial score (nSPS) is 9.35. The summed E-state index contributed by atoms with van der Waals surface area (Å²) >= 11 is 5.09. The van der Waals surface area contributed by atoms with Crippen molar-refractivity contribution < 1.29 is 23.5 Å². The highest BCUT2D eigenvalue weighted by Gasteiger charge is 2.00. The minimum atomic E-state index is -1.04. The second-order valence-electron chi connectivity index (χ2n) is 3.59. The highest BCUT2D eigenvalue weighted by molar-refractivity contribution is 6.67. The lowest BCUT2D eigenvalue weighted by Crippen LogP contribution is -1.94. The van der Waals surface area contributed by atoms with Gasteiger partial charge in [0.15, 0.2) is 0 Å². The van der Waals surface area contributed by atoms with Crippen LogP contribution in [0, 0.1) is 11.6 Å². The number of carboxylic acids is 1. The molecule has 20 heavy (non-hydrogen) atoms. The van der Waals surface area contributed by atoms with E-state index >= 15 is 0 Å². The lowest BCUT2D eigenvalue weighted by molar-refractivity contribution is 0.0696. The lowest BCUT2D eigenvalue weighted by Gasteiger charge is -1.90. The summed E-state index contributed by atoms with van der Waals surface area (Å²) in [5.41, 5.74) is 0.407. The second-order valence-corrected chi connectivity index (χ2v) is 3.94. The van der Waals surface area contributed by atoms with Crippen LogP contribution in [0.1, 0.15) is 20.7 Å².